The number of aromatic nitrogens is 4. The lowest BCUT2D eigenvalue weighted by atomic mass is 9.95. The average Bonchev–Trinajstić information content (AvgIpc) is 3.15. The summed E-state index contributed by atoms with van der Waals surface area (Å²) in [6.45, 7) is 6.37. The predicted octanol–water partition coefficient (Wildman–Crippen LogP) is 4.70. The molecule has 0 atom stereocenters. The Morgan fingerprint density at radius 3 is 2.71 bits per heavy atom. The molecule has 4 aromatic rings. The van der Waals surface area contributed by atoms with Gasteiger partial charge in [0.05, 0.1) is 0 Å². The molecule has 0 aliphatic heterocycles. The van der Waals surface area contributed by atoms with Crippen molar-refractivity contribution in [1.82, 2.24) is 20.2 Å². The highest BCUT2D eigenvalue weighted by atomic mass is 32.2. The van der Waals surface area contributed by atoms with Crippen LogP contribution < -0.4 is 5.63 Å². The van der Waals surface area contributed by atoms with Crippen molar-refractivity contribution in [2.45, 2.75) is 37.6 Å². The van der Waals surface area contributed by atoms with Gasteiger partial charge in [0.2, 0.25) is 5.16 Å². The van der Waals surface area contributed by atoms with E-state index in [2.05, 4.69) is 40.1 Å². The van der Waals surface area contributed by atoms with Gasteiger partial charge in [0, 0.05) is 35.2 Å². The van der Waals surface area contributed by atoms with E-state index in [4.69, 9.17) is 4.42 Å². The van der Waals surface area contributed by atoms with Gasteiger partial charge in [-0.25, -0.2) is 9.78 Å². The second-order valence-electron chi connectivity index (χ2n) is 6.94. The number of rotatable bonds is 5. The molecule has 4 rings (SSSR count). The Hall–Kier alpha value is -2.93. The number of aromatic amines is 1. The normalized spacial score (nSPS) is 11.4. The smallest absolute Gasteiger partial charge is 0.336 e. The predicted molar refractivity (Wildman–Crippen MR) is 110 cm³/mol. The van der Waals surface area contributed by atoms with Crippen LogP contribution >= 0.6 is 11.8 Å². The van der Waals surface area contributed by atoms with Crippen molar-refractivity contribution < 1.29 is 4.42 Å². The number of hydrogen-bond acceptors (Lipinski definition) is 6. The van der Waals surface area contributed by atoms with E-state index < -0.39 is 0 Å². The highest BCUT2D eigenvalue weighted by Crippen LogP contribution is 2.30. The molecule has 0 fully saturated rings. The standard InChI is InChI=1S/C21H20N4O2S/c1-12(2)16-10-17-15(9-19(26)27-18(17)8-13(16)3)11-28-21-23-20(24-25-21)14-4-6-22-7-5-14/h4-10,12H,11H2,1-3H3,(H,23,24,25). The highest BCUT2D eigenvalue weighted by molar-refractivity contribution is 7.98. The first-order chi connectivity index (χ1) is 13.5. The van der Waals surface area contributed by atoms with Crippen molar-refractivity contribution in [2.75, 3.05) is 0 Å². The summed E-state index contributed by atoms with van der Waals surface area (Å²) in [4.78, 5) is 20.6. The second kappa shape index (κ2) is 7.59. The highest BCUT2D eigenvalue weighted by Gasteiger charge is 2.13. The van der Waals surface area contributed by atoms with Crippen LogP contribution in [0.1, 0.15) is 36.5 Å². The fourth-order valence-electron chi connectivity index (χ4n) is 3.22. The van der Waals surface area contributed by atoms with Crippen LogP contribution in [0.3, 0.4) is 0 Å². The molecule has 142 valence electrons. The number of aryl methyl sites for hydroxylation is 1. The van der Waals surface area contributed by atoms with Crippen LogP contribution in [0.5, 0.6) is 0 Å². The minimum atomic E-state index is -0.341. The molecule has 1 aromatic carbocycles. The molecule has 0 unspecified atom stereocenters. The number of fused-ring (bicyclic) bond motifs is 1. The number of H-pyrrole nitrogens is 1. The van der Waals surface area contributed by atoms with Gasteiger partial charge < -0.3 is 4.42 Å². The first-order valence-electron chi connectivity index (χ1n) is 9.04. The number of hydrogen-bond donors (Lipinski definition) is 1. The third-order valence-electron chi connectivity index (χ3n) is 4.61. The Bertz CT molecular complexity index is 1180. The Morgan fingerprint density at radius 2 is 1.96 bits per heavy atom. The van der Waals surface area contributed by atoms with Crippen LogP contribution in [0.25, 0.3) is 22.4 Å². The van der Waals surface area contributed by atoms with Gasteiger partial charge in [-0.05, 0) is 53.8 Å². The maximum atomic E-state index is 12.0. The number of benzene rings is 1. The molecule has 0 radical (unpaired) electrons. The van der Waals surface area contributed by atoms with Crippen molar-refractivity contribution in [1.29, 1.82) is 0 Å². The molecule has 0 spiro atoms. The van der Waals surface area contributed by atoms with E-state index in [0.717, 1.165) is 22.1 Å². The lowest BCUT2D eigenvalue weighted by molar-refractivity contribution is 0.559. The van der Waals surface area contributed by atoms with Crippen LogP contribution in [-0.2, 0) is 5.75 Å². The van der Waals surface area contributed by atoms with E-state index in [1.165, 1.54) is 17.3 Å². The zero-order valence-corrected chi connectivity index (χ0v) is 16.7. The van der Waals surface area contributed by atoms with Gasteiger partial charge >= 0.3 is 5.63 Å². The Morgan fingerprint density at radius 1 is 1.18 bits per heavy atom. The van der Waals surface area contributed by atoms with E-state index in [1.54, 1.807) is 18.5 Å². The van der Waals surface area contributed by atoms with Gasteiger partial charge in [-0.1, -0.05) is 25.6 Å². The summed E-state index contributed by atoms with van der Waals surface area (Å²) in [7, 11) is 0. The molecule has 28 heavy (non-hydrogen) atoms. The molecule has 6 nitrogen and oxygen atoms in total. The lowest BCUT2D eigenvalue weighted by Gasteiger charge is -2.12. The number of thioether (sulfide) groups is 1. The third kappa shape index (κ3) is 3.71. The fourth-order valence-corrected chi connectivity index (χ4v) is 4.01. The van der Waals surface area contributed by atoms with Gasteiger partial charge in [0.25, 0.3) is 0 Å². The maximum absolute atomic E-state index is 12.0. The minimum absolute atomic E-state index is 0.341. The third-order valence-corrected chi connectivity index (χ3v) is 5.51. The van der Waals surface area contributed by atoms with E-state index in [9.17, 15) is 4.79 Å². The summed E-state index contributed by atoms with van der Waals surface area (Å²) < 4.78 is 5.42. The minimum Gasteiger partial charge on any atom is -0.423 e. The molecule has 0 amide bonds. The van der Waals surface area contributed by atoms with Crippen LogP contribution in [0.2, 0.25) is 0 Å². The van der Waals surface area contributed by atoms with Crippen molar-refractivity contribution >= 4 is 22.7 Å². The molecule has 7 heteroatoms. The molecule has 0 aliphatic rings. The zero-order chi connectivity index (χ0) is 19.7. The largest absolute Gasteiger partial charge is 0.423 e. The van der Waals surface area contributed by atoms with Crippen LogP contribution in [0.15, 0.2) is 57.1 Å². The van der Waals surface area contributed by atoms with Crippen LogP contribution in [0, 0.1) is 6.92 Å². The zero-order valence-electron chi connectivity index (χ0n) is 15.9. The number of nitrogens with one attached hydrogen (secondary N) is 1. The summed E-state index contributed by atoms with van der Waals surface area (Å²) in [5, 5.41) is 8.82. The second-order valence-corrected chi connectivity index (χ2v) is 7.88. The van der Waals surface area contributed by atoms with Crippen molar-refractivity contribution in [3.63, 3.8) is 0 Å². The molecule has 0 bridgehead atoms. The molecule has 0 saturated heterocycles. The Balaban J connectivity index is 1.64. The van der Waals surface area contributed by atoms with Crippen molar-refractivity contribution in [3.8, 4) is 11.4 Å². The first kappa shape index (κ1) is 18.4. The molecular formula is C21H20N4O2S. The van der Waals surface area contributed by atoms with Gasteiger partial charge in [0.1, 0.15) is 5.58 Å². The number of nitrogens with zero attached hydrogens (tertiary/aromatic N) is 3. The van der Waals surface area contributed by atoms with Gasteiger partial charge in [-0.2, -0.15) is 0 Å². The summed E-state index contributed by atoms with van der Waals surface area (Å²) >= 11 is 1.48. The lowest BCUT2D eigenvalue weighted by Crippen LogP contribution is -2.02. The van der Waals surface area contributed by atoms with Crippen LogP contribution in [0.4, 0.5) is 0 Å². The van der Waals surface area contributed by atoms with E-state index >= 15 is 0 Å². The maximum Gasteiger partial charge on any atom is 0.336 e. The van der Waals surface area contributed by atoms with E-state index in [0.29, 0.717) is 28.2 Å². The topological polar surface area (TPSA) is 84.7 Å². The summed E-state index contributed by atoms with van der Waals surface area (Å²) in [6.07, 6.45) is 3.43. The van der Waals surface area contributed by atoms with E-state index in [1.807, 2.05) is 25.1 Å². The molecule has 0 saturated carbocycles. The number of pyridine rings is 1. The SMILES string of the molecule is Cc1cc2oc(=O)cc(CSc3n[nH]c(-c4ccncc4)n3)c2cc1C(C)C. The molecule has 0 aliphatic carbocycles. The van der Waals surface area contributed by atoms with Gasteiger partial charge in [0.15, 0.2) is 5.82 Å². The Kier molecular flexibility index (Phi) is 5.00. The summed E-state index contributed by atoms with van der Waals surface area (Å²) in [5.41, 5.74) is 4.52. The quantitative estimate of drug-likeness (QED) is 0.391. The molecule has 3 heterocycles. The van der Waals surface area contributed by atoms with E-state index in [-0.39, 0.29) is 5.63 Å². The average molecular weight is 392 g/mol. The van der Waals surface area contributed by atoms with Crippen LogP contribution in [-0.4, -0.2) is 20.2 Å². The Labute approximate surface area is 166 Å². The summed E-state index contributed by atoms with van der Waals surface area (Å²) in [5.74, 6) is 1.67. The van der Waals surface area contributed by atoms with Gasteiger partial charge in [-0.3, -0.25) is 10.1 Å². The van der Waals surface area contributed by atoms with Gasteiger partial charge in [-0.15, -0.1) is 5.10 Å². The summed E-state index contributed by atoms with van der Waals surface area (Å²) in [6, 6.07) is 9.40. The fraction of sp³-hybridized carbons (Fsp3) is 0.238. The molecule has 3 aromatic heterocycles. The van der Waals surface area contributed by atoms with Crippen molar-refractivity contribution in [2.24, 2.45) is 0 Å². The molecule has 1 N–H and O–H groups in total. The molecular weight excluding hydrogens is 372 g/mol. The monoisotopic (exact) mass is 392 g/mol. The van der Waals surface area contributed by atoms with Crippen molar-refractivity contribution in [3.05, 3.63) is 69.8 Å². The first-order valence-corrected chi connectivity index (χ1v) is 10.0.